The molecule has 0 aromatic heterocycles. The maximum atomic E-state index is 10.9. The molecule has 1 rings (SSSR count). The Balaban J connectivity index is 1.90. The second-order valence-electron chi connectivity index (χ2n) is 6.30. The van der Waals surface area contributed by atoms with Crippen LogP contribution in [0.1, 0.15) is 71.1 Å². The first-order chi connectivity index (χ1) is 11.8. The van der Waals surface area contributed by atoms with Gasteiger partial charge in [-0.3, -0.25) is 4.79 Å². The molecule has 0 saturated carbocycles. The molecule has 0 aromatic carbocycles. The van der Waals surface area contributed by atoms with Crippen molar-refractivity contribution in [3.05, 3.63) is 36.5 Å². The number of methoxy groups -OCH3 is 1. The number of unbranched alkanes of at least 4 members (excludes halogenated alkanes) is 3. The summed E-state index contributed by atoms with van der Waals surface area (Å²) in [6.07, 6.45) is 24.6. The van der Waals surface area contributed by atoms with E-state index in [9.17, 15) is 4.79 Å². The van der Waals surface area contributed by atoms with Crippen molar-refractivity contribution in [3.63, 3.8) is 0 Å². The fourth-order valence-corrected chi connectivity index (χ4v) is 2.59. The third-order valence-electron chi connectivity index (χ3n) is 4.17. The molecular formula is C21H34O3. The van der Waals surface area contributed by atoms with Gasteiger partial charge in [0.05, 0.1) is 19.3 Å². The summed E-state index contributed by atoms with van der Waals surface area (Å²) in [5.74, 6) is -0.126. The van der Waals surface area contributed by atoms with Crippen LogP contribution in [-0.4, -0.2) is 25.3 Å². The largest absolute Gasteiger partial charge is 0.469 e. The lowest BCUT2D eigenvalue weighted by atomic mass is 10.1. The molecule has 0 aromatic rings. The first-order valence-corrected chi connectivity index (χ1v) is 9.45. The van der Waals surface area contributed by atoms with Gasteiger partial charge in [0.1, 0.15) is 0 Å². The average molecular weight is 335 g/mol. The highest BCUT2D eigenvalue weighted by Gasteiger charge is 2.36. The summed E-state index contributed by atoms with van der Waals surface area (Å²) in [7, 11) is 1.43. The van der Waals surface area contributed by atoms with Crippen molar-refractivity contribution in [2.24, 2.45) is 0 Å². The van der Waals surface area contributed by atoms with Gasteiger partial charge in [-0.05, 0) is 38.5 Å². The molecule has 0 radical (unpaired) electrons. The molecule has 136 valence electrons. The van der Waals surface area contributed by atoms with E-state index >= 15 is 0 Å². The number of ether oxygens (including phenoxy) is 2. The van der Waals surface area contributed by atoms with E-state index in [1.54, 1.807) is 0 Å². The minimum absolute atomic E-state index is 0.126. The number of carbonyl (C=O) groups is 1. The van der Waals surface area contributed by atoms with Gasteiger partial charge in [0, 0.05) is 6.42 Å². The Labute approximate surface area is 147 Å². The quantitative estimate of drug-likeness (QED) is 0.182. The predicted octanol–water partition coefficient (Wildman–Crippen LogP) is 5.52. The number of carbonyl (C=O) groups excluding carboxylic acids is 1. The Bertz CT molecular complexity index is 409. The molecule has 1 aliphatic heterocycles. The van der Waals surface area contributed by atoms with Crippen LogP contribution in [0.5, 0.6) is 0 Å². The molecule has 0 N–H and O–H groups in total. The number of hydrogen-bond donors (Lipinski definition) is 0. The summed E-state index contributed by atoms with van der Waals surface area (Å²) in [6.45, 7) is 2.24. The molecular weight excluding hydrogens is 300 g/mol. The number of allylic oxidation sites excluding steroid dienone is 5. The number of esters is 1. The van der Waals surface area contributed by atoms with Crippen molar-refractivity contribution in [3.8, 4) is 0 Å². The van der Waals surface area contributed by atoms with E-state index in [0.29, 0.717) is 18.6 Å². The molecule has 0 unspecified atom stereocenters. The second-order valence-corrected chi connectivity index (χ2v) is 6.30. The molecule has 2 atom stereocenters. The van der Waals surface area contributed by atoms with Crippen molar-refractivity contribution in [1.82, 2.24) is 0 Å². The third kappa shape index (κ3) is 11.2. The molecule has 1 heterocycles. The molecule has 1 aliphatic rings. The number of rotatable bonds is 14. The lowest BCUT2D eigenvalue weighted by molar-refractivity contribution is -0.140. The zero-order valence-corrected chi connectivity index (χ0v) is 15.4. The summed E-state index contributed by atoms with van der Waals surface area (Å²) < 4.78 is 10.3. The SMILES string of the molecule is CCCCC[C@@H]1O[C@@H]1C/C=C/C/C=C/C/C=C\CCCC(=O)OC. The lowest BCUT2D eigenvalue weighted by Crippen LogP contribution is -1.98. The van der Waals surface area contributed by atoms with Crippen LogP contribution in [0.15, 0.2) is 36.5 Å². The van der Waals surface area contributed by atoms with Crippen LogP contribution in [0, 0.1) is 0 Å². The van der Waals surface area contributed by atoms with Crippen LogP contribution in [0.4, 0.5) is 0 Å². The zero-order chi connectivity index (χ0) is 17.5. The lowest BCUT2D eigenvalue weighted by Gasteiger charge is -1.95. The highest BCUT2D eigenvalue weighted by Crippen LogP contribution is 2.30. The monoisotopic (exact) mass is 334 g/mol. The van der Waals surface area contributed by atoms with Gasteiger partial charge < -0.3 is 9.47 Å². The smallest absolute Gasteiger partial charge is 0.305 e. The normalized spacial score (nSPS) is 20.4. The van der Waals surface area contributed by atoms with E-state index in [-0.39, 0.29) is 5.97 Å². The maximum Gasteiger partial charge on any atom is 0.305 e. The number of hydrogen-bond acceptors (Lipinski definition) is 3. The van der Waals surface area contributed by atoms with Crippen molar-refractivity contribution < 1.29 is 14.3 Å². The summed E-state index contributed by atoms with van der Waals surface area (Å²) in [6, 6.07) is 0. The second kappa shape index (κ2) is 14.0. The van der Waals surface area contributed by atoms with Gasteiger partial charge in [0.2, 0.25) is 0 Å². The topological polar surface area (TPSA) is 38.8 Å². The maximum absolute atomic E-state index is 10.9. The van der Waals surface area contributed by atoms with Crippen LogP contribution in [-0.2, 0) is 14.3 Å². The fraction of sp³-hybridized carbons (Fsp3) is 0.667. The van der Waals surface area contributed by atoms with Gasteiger partial charge in [0.15, 0.2) is 0 Å². The fourth-order valence-electron chi connectivity index (χ4n) is 2.59. The molecule has 0 bridgehead atoms. The Morgan fingerprint density at radius 3 is 2.38 bits per heavy atom. The van der Waals surface area contributed by atoms with Crippen LogP contribution in [0.25, 0.3) is 0 Å². The molecule has 3 nitrogen and oxygen atoms in total. The van der Waals surface area contributed by atoms with Crippen molar-refractivity contribution >= 4 is 5.97 Å². The van der Waals surface area contributed by atoms with E-state index in [1.165, 1.54) is 32.8 Å². The molecule has 0 amide bonds. The highest BCUT2D eigenvalue weighted by atomic mass is 16.6. The van der Waals surface area contributed by atoms with E-state index in [4.69, 9.17) is 4.74 Å². The summed E-state index contributed by atoms with van der Waals surface area (Å²) >= 11 is 0. The van der Waals surface area contributed by atoms with Crippen molar-refractivity contribution in [2.45, 2.75) is 83.3 Å². The van der Waals surface area contributed by atoms with Crippen LogP contribution in [0.2, 0.25) is 0 Å². The van der Waals surface area contributed by atoms with Crippen LogP contribution >= 0.6 is 0 Å². The minimum atomic E-state index is -0.126. The van der Waals surface area contributed by atoms with E-state index < -0.39 is 0 Å². The molecule has 0 aliphatic carbocycles. The molecule has 0 spiro atoms. The Morgan fingerprint density at radius 1 is 0.958 bits per heavy atom. The summed E-state index contributed by atoms with van der Waals surface area (Å²) in [5.41, 5.74) is 0. The molecule has 1 fully saturated rings. The summed E-state index contributed by atoms with van der Waals surface area (Å²) in [4.78, 5) is 10.9. The van der Waals surface area contributed by atoms with E-state index in [1.807, 2.05) is 0 Å². The van der Waals surface area contributed by atoms with Crippen LogP contribution in [0.3, 0.4) is 0 Å². The number of epoxide rings is 1. The van der Waals surface area contributed by atoms with Gasteiger partial charge in [-0.2, -0.15) is 0 Å². The van der Waals surface area contributed by atoms with Crippen LogP contribution < -0.4 is 0 Å². The first-order valence-electron chi connectivity index (χ1n) is 9.45. The van der Waals surface area contributed by atoms with Gasteiger partial charge >= 0.3 is 5.97 Å². The van der Waals surface area contributed by atoms with Gasteiger partial charge in [-0.15, -0.1) is 0 Å². The summed E-state index contributed by atoms with van der Waals surface area (Å²) in [5, 5.41) is 0. The Morgan fingerprint density at radius 2 is 1.67 bits per heavy atom. The van der Waals surface area contributed by atoms with Gasteiger partial charge in [-0.25, -0.2) is 0 Å². The minimum Gasteiger partial charge on any atom is -0.469 e. The highest BCUT2D eigenvalue weighted by molar-refractivity contribution is 5.69. The van der Waals surface area contributed by atoms with Crippen molar-refractivity contribution in [1.29, 1.82) is 0 Å². The van der Waals surface area contributed by atoms with Gasteiger partial charge in [0.25, 0.3) is 0 Å². The zero-order valence-electron chi connectivity index (χ0n) is 15.4. The standard InChI is InChI=1S/C21H34O3/c1-3-4-13-16-19-20(24-19)17-14-11-9-7-5-6-8-10-12-15-18-21(22)23-2/h5,7-8,10-11,14,19-20H,3-4,6,9,12-13,15-18H2,1-2H3/b7-5+,10-8-,14-11+/t19-,20+/m0/s1. The Hall–Kier alpha value is -1.35. The van der Waals surface area contributed by atoms with Crippen molar-refractivity contribution in [2.75, 3.05) is 7.11 Å². The van der Waals surface area contributed by atoms with E-state index in [2.05, 4.69) is 48.1 Å². The van der Waals surface area contributed by atoms with E-state index in [0.717, 1.165) is 32.1 Å². The molecule has 24 heavy (non-hydrogen) atoms. The Kier molecular flexibility index (Phi) is 12.1. The molecule has 1 saturated heterocycles. The average Bonchev–Trinajstić information content (AvgIpc) is 3.34. The predicted molar refractivity (Wildman–Crippen MR) is 99.9 cm³/mol. The first kappa shape index (κ1) is 20.7. The van der Waals surface area contributed by atoms with Gasteiger partial charge in [-0.1, -0.05) is 62.6 Å². The molecule has 3 heteroatoms. The third-order valence-corrected chi connectivity index (χ3v) is 4.17.